The van der Waals surface area contributed by atoms with E-state index < -0.39 is 0 Å². The lowest BCUT2D eigenvalue weighted by Crippen LogP contribution is -2.29. The van der Waals surface area contributed by atoms with E-state index in [0.717, 1.165) is 11.3 Å². The van der Waals surface area contributed by atoms with E-state index in [1.165, 1.54) is 0 Å². The number of aromatic hydroxyl groups is 1. The fraction of sp³-hybridized carbons (Fsp3) is 0.0833. The van der Waals surface area contributed by atoms with Crippen LogP contribution < -0.4 is 10.2 Å². The summed E-state index contributed by atoms with van der Waals surface area (Å²) in [5.41, 5.74) is 2.12. The smallest absolute Gasteiger partial charge is 0.174 e. The maximum Gasteiger partial charge on any atom is 0.174 e. The van der Waals surface area contributed by atoms with Crippen LogP contribution in [0.15, 0.2) is 83.4 Å². The molecule has 0 amide bonds. The third-order valence-corrected chi connectivity index (χ3v) is 6.22. The van der Waals surface area contributed by atoms with Crippen molar-refractivity contribution < 1.29 is 9.52 Å². The lowest BCUT2D eigenvalue weighted by Gasteiger charge is -2.26. The van der Waals surface area contributed by atoms with E-state index in [4.69, 9.17) is 39.8 Å². The van der Waals surface area contributed by atoms with Gasteiger partial charge in [0.25, 0.3) is 0 Å². The number of pyridine rings is 1. The predicted molar refractivity (Wildman–Crippen MR) is 130 cm³/mol. The Kier molecular flexibility index (Phi) is 5.51. The molecule has 5 rings (SSSR count). The average molecular weight is 482 g/mol. The molecular weight excluding hydrogens is 465 g/mol. The molecule has 0 spiro atoms. The molecule has 1 aliphatic rings. The molecule has 3 heterocycles. The monoisotopic (exact) mass is 481 g/mol. The van der Waals surface area contributed by atoms with E-state index in [9.17, 15) is 5.11 Å². The van der Waals surface area contributed by atoms with Crippen molar-refractivity contribution in [1.82, 2.24) is 10.3 Å². The zero-order valence-corrected chi connectivity index (χ0v) is 18.9. The molecule has 1 fully saturated rings. The number of phenols is 1. The normalized spacial score (nSPS) is 18.1. The van der Waals surface area contributed by atoms with Crippen LogP contribution in [-0.2, 0) is 0 Å². The van der Waals surface area contributed by atoms with Gasteiger partial charge in [-0.15, -0.1) is 0 Å². The highest BCUT2D eigenvalue weighted by atomic mass is 35.5. The lowest BCUT2D eigenvalue weighted by atomic mass is 10.0. The Morgan fingerprint density at radius 1 is 1.00 bits per heavy atom. The molecule has 0 radical (unpaired) electrons. The Morgan fingerprint density at radius 3 is 2.56 bits per heavy atom. The van der Waals surface area contributed by atoms with Crippen molar-refractivity contribution in [2.75, 3.05) is 4.90 Å². The molecule has 32 heavy (non-hydrogen) atoms. The summed E-state index contributed by atoms with van der Waals surface area (Å²) >= 11 is 18.1. The van der Waals surface area contributed by atoms with Gasteiger partial charge in [0, 0.05) is 16.8 Å². The van der Waals surface area contributed by atoms with Gasteiger partial charge >= 0.3 is 0 Å². The first-order chi connectivity index (χ1) is 15.5. The SMILES string of the molecule is Oc1ccccc1N1C(=S)N[C@H](c2ccccn2)[C@@H]1c1ccc(-c2ccc(Cl)cc2Cl)o1. The van der Waals surface area contributed by atoms with Crippen molar-refractivity contribution in [3.63, 3.8) is 0 Å². The van der Waals surface area contributed by atoms with Crippen LogP contribution >= 0.6 is 35.4 Å². The van der Waals surface area contributed by atoms with Gasteiger partial charge in [-0.25, -0.2) is 0 Å². The van der Waals surface area contributed by atoms with E-state index in [1.807, 2.05) is 53.4 Å². The fourth-order valence-corrected chi connectivity index (χ4v) is 4.76. The van der Waals surface area contributed by atoms with Gasteiger partial charge in [-0.05, 0) is 66.8 Å². The molecule has 1 saturated heterocycles. The van der Waals surface area contributed by atoms with Crippen molar-refractivity contribution in [3.05, 3.63) is 100 Å². The minimum absolute atomic E-state index is 0.121. The first-order valence-corrected chi connectivity index (χ1v) is 11.0. The molecular formula is C24H17Cl2N3O2S. The molecule has 5 nitrogen and oxygen atoms in total. The van der Waals surface area contributed by atoms with Crippen LogP contribution in [-0.4, -0.2) is 15.2 Å². The summed E-state index contributed by atoms with van der Waals surface area (Å²) in [6, 6.07) is 21.1. The molecule has 4 aromatic rings. The zero-order chi connectivity index (χ0) is 22.2. The van der Waals surface area contributed by atoms with Gasteiger partial charge in [-0.3, -0.25) is 4.98 Å². The Balaban J connectivity index is 1.62. The molecule has 1 aliphatic heterocycles. The highest BCUT2D eigenvalue weighted by Crippen LogP contribution is 2.45. The summed E-state index contributed by atoms with van der Waals surface area (Å²) in [6.45, 7) is 0. The maximum absolute atomic E-state index is 10.6. The minimum atomic E-state index is -0.384. The summed E-state index contributed by atoms with van der Waals surface area (Å²) < 4.78 is 6.29. The minimum Gasteiger partial charge on any atom is -0.506 e. The molecule has 0 saturated carbocycles. The first kappa shape index (κ1) is 20.8. The van der Waals surface area contributed by atoms with Gasteiger partial charge in [0.15, 0.2) is 5.11 Å². The molecule has 0 unspecified atom stereocenters. The quantitative estimate of drug-likeness (QED) is 0.323. The van der Waals surface area contributed by atoms with Crippen molar-refractivity contribution in [3.8, 4) is 17.1 Å². The molecule has 2 N–H and O–H groups in total. The first-order valence-electron chi connectivity index (χ1n) is 9.87. The van der Waals surface area contributed by atoms with E-state index >= 15 is 0 Å². The highest BCUT2D eigenvalue weighted by molar-refractivity contribution is 7.80. The third kappa shape index (κ3) is 3.71. The second kappa shape index (κ2) is 8.47. The molecule has 0 aliphatic carbocycles. The van der Waals surface area contributed by atoms with Crippen molar-refractivity contribution in [2.45, 2.75) is 12.1 Å². The molecule has 160 valence electrons. The Morgan fingerprint density at radius 2 is 1.81 bits per heavy atom. The summed E-state index contributed by atoms with van der Waals surface area (Å²) in [4.78, 5) is 6.38. The van der Waals surface area contributed by atoms with Gasteiger partial charge in [-0.1, -0.05) is 41.4 Å². The number of nitrogens with one attached hydrogen (secondary N) is 1. The average Bonchev–Trinajstić information content (AvgIpc) is 3.39. The number of aromatic nitrogens is 1. The van der Waals surface area contributed by atoms with Crippen LogP contribution in [0, 0.1) is 0 Å². The Hall–Kier alpha value is -3.06. The van der Waals surface area contributed by atoms with Gasteiger partial charge in [-0.2, -0.15) is 0 Å². The summed E-state index contributed by atoms with van der Waals surface area (Å²) in [5, 5.41) is 15.4. The van der Waals surface area contributed by atoms with Crippen molar-refractivity contribution in [2.24, 2.45) is 0 Å². The second-order valence-electron chi connectivity index (χ2n) is 7.31. The molecule has 2 atom stereocenters. The number of furan rings is 1. The summed E-state index contributed by atoms with van der Waals surface area (Å²) in [6.07, 6.45) is 1.74. The molecule has 2 aromatic heterocycles. The van der Waals surface area contributed by atoms with Crippen LogP contribution in [0.5, 0.6) is 5.75 Å². The maximum atomic E-state index is 10.6. The topological polar surface area (TPSA) is 61.5 Å². The number of thiocarbonyl (C=S) groups is 1. The van der Waals surface area contributed by atoms with Crippen LogP contribution in [0.2, 0.25) is 10.0 Å². The van der Waals surface area contributed by atoms with Gasteiger partial charge in [0.2, 0.25) is 0 Å². The van der Waals surface area contributed by atoms with Gasteiger partial charge in [0.05, 0.1) is 22.4 Å². The standard InChI is InChI=1S/C24H17Cl2N3O2S/c25-14-8-9-15(16(26)13-14)20-10-11-21(31-20)23-22(17-5-3-4-12-27-17)28-24(32)29(23)18-6-1-2-7-19(18)30/h1-13,22-23,30H,(H,28,32)/t22-,23+/m1/s1. The predicted octanol–water partition coefficient (Wildman–Crippen LogP) is 6.53. The number of rotatable bonds is 4. The Labute approximate surface area is 200 Å². The number of halogens is 2. The van der Waals surface area contributed by atoms with Gasteiger partial charge in [0.1, 0.15) is 23.3 Å². The number of nitrogens with zero attached hydrogens (tertiary/aromatic N) is 2. The van der Waals surface area contributed by atoms with E-state index in [0.29, 0.717) is 32.4 Å². The number of benzene rings is 2. The van der Waals surface area contributed by atoms with Crippen LogP contribution in [0.1, 0.15) is 23.5 Å². The summed E-state index contributed by atoms with van der Waals surface area (Å²) in [5.74, 6) is 1.38. The van der Waals surface area contributed by atoms with Crippen LogP contribution in [0.4, 0.5) is 5.69 Å². The van der Waals surface area contributed by atoms with Crippen molar-refractivity contribution >= 4 is 46.2 Å². The molecule has 8 heteroatoms. The highest BCUT2D eigenvalue weighted by Gasteiger charge is 2.43. The van der Waals surface area contributed by atoms with Crippen LogP contribution in [0.25, 0.3) is 11.3 Å². The second-order valence-corrected chi connectivity index (χ2v) is 8.54. The van der Waals surface area contributed by atoms with E-state index in [2.05, 4.69) is 10.3 Å². The number of anilines is 1. The Bertz CT molecular complexity index is 1300. The largest absolute Gasteiger partial charge is 0.506 e. The zero-order valence-electron chi connectivity index (χ0n) is 16.6. The molecule has 2 aromatic carbocycles. The molecule has 0 bridgehead atoms. The third-order valence-electron chi connectivity index (χ3n) is 5.35. The number of hydrogen-bond acceptors (Lipinski definition) is 4. The summed E-state index contributed by atoms with van der Waals surface area (Å²) in [7, 11) is 0. The van der Waals surface area contributed by atoms with Crippen molar-refractivity contribution in [1.29, 1.82) is 0 Å². The fourth-order valence-electron chi connectivity index (χ4n) is 3.92. The van der Waals surface area contributed by atoms with Crippen LogP contribution in [0.3, 0.4) is 0 Å². The number of phenolic OH excluding ortho intramolecular Hbond substituents is 1. The lowest BCUT2D eigenvalue weighted by molar-refractivity contribution is 0.434. The number of hydrogen-bond donors (Lipinski definition) is 2. The van der Waals surface area contributed by atoms with Gasteiger partial charge < -0.3 is 19.7 Å². The van der Waals surface area contributed by atoms with E-state index in [-0.39, 0.29) is 17.8 Å². The number of para-hydroxylation sites is 2. The van der Waals surface area contributed by atoms with E-state index in [1.54, 1.807) is 30.5 Å².